The Morgan fingerprint density at radius 2 is 0.617 bits per heavy atom. The van der Waals surface area contributed by atoms with Gasteiger partial charge in [-0.25, -0.2) is 24.0 Å². The van der Waals surface area contributed by atoms with Crippen molar-refractivity contribution in [2.24, 2.45) is 29.6 Å². The molecular formula is C83H147N9O34S2. The van der Waals surface area contributed by atoms with Gasteiger partial charge in [-0.1, -0.05) is 48.5 Å². The Morgan fingerprint density at radius 1 is 0.305 bits per heavy atom. The Labute approximate surface area is 759 Å². The third-order valence-corrected chi connectivity index (χ3v) is 23.6. The highest BCUT2D eigenvalue weighted by Gasteiger charge is 2.59. The average molecular weight is 1880 g/mol. The number of rotatable bonds is 29. The van der Waals surface area contributed by atoms with Gasteiger partial charge in [0, 0.05) is 57.0 Å². The Bertz CT molecular complexity index is 3560. The number of hydrogen-bond acceptors (Lipinski definition) is 36. The van der Waals surface area contributed by atoms with E-state index in [1.165, 1.54) is 6.92 Å². The first-order valence-electron chi connectivity index (χ1n) is 44.3. The van der Waals surface area contributed by atoms with E-state index < -0.39 is 298 Å². The lowest BCUT2D eigenvalue weighted by Crippen LogP contribution is -2.68. The van der Waals surface area contributed by atoms with E-state index in [1.807, 2.05) is 13.8 Å². The summed E-state index contributed by atoms with van der Waals surface area (Å²) in [5.41, 5.74) is -5.03. The van der Waals surface area contributed by atoms with Crippen LogP contribution in [0, 0.1) is 29.6 Å². The van der Waals surface area contributed by atoms with Crippen molar-refractivity contribution in [1.29, 1.82) is 0 Å². The van der Waals surface area contributed by atoms with Gasteiger partial charge in [0.1, 0.15) is 138 Å². The highest BCUT2D eigenvalue weighted by atomic mass is 32.1. The van der Waals surface area contributed by atoms with Crippen LogP contribution in [0.1, 0.15) is 184 Å². The number of aliphatic hydroxyl groups excluding tert-OH is 12. The lowest BCUT2D eigenvalue weighted by Gasteiger charge is -2.48. The lowest BCUT2D eigenvalue weighted by molar-refractivity contribution is -0.325. The number of alkyl carbamates (subject to hydrolysis) is 5. The minimum absolute atomic E-state index is 0.0515. The van der Waals surface area contributed by atoms with Gasteiger partial charge in [-0.3, -0.25) is 0 Å². The zero-order valence-corrected chi connectivity index (χ0v) is 79.0. The second kappa shape index (κ2) is 45.9. The number of ether oxygens (including phenoxy) is 17. The molecule has 0 spiro atoms. The summed E-state index contributed by atoms with van der Waals surface area (Å²) in [6.07, 6.45) is -47.3. The Morgan fingerprint density at radius 3 is 1.02 bits per heavy atom. The molecule has 8 rings (SSSR count). The van der Waals surface area contributed by atoms with E-state index in [4.69, 9.17) is 105 Å². The van der Waals surface area contributed by atoms with E-state index in [0.29, 0.717) is 19.3 Å². The van der Waals surface area contributed by atoms with Crippen LogP contribution in [0.4, 0.5) is 24.0 Å². The van der Waals surface area contributed by atoms with Crippen molar-refractivity contribution in [2.75, 3.05) is 39.3 Å². The molecule has 0 aromatic rings. The molecule has 38 atom stereocenters. The molecule has 45 heteroatoms. The number of nitrogens with one attached hydrogen (secondary N) is 9. The van der Waals surface area contributed by atoms with Gasteiger partial charge in [-0.2, -0.15) is 0 Å². The fourth-order valence-corrected chi connectivity index (χ4v) is 16.7. The van der Waals surface area contributed by atoms with Gasteiger partial charge >= 0.3 is 30.5 Å². The summed E-state index contributed by atoms with van der Waals surface area (Å²) in [5.74, 6) is -3.49. The molecule has 128 heavy (non-hydrogen) atoms. The zero-order chi connectivity index (χ0) is 95.6. The van der Waals surface area contributed by atoms with Crippen molar-refractivity contribution in [3.63, 3.8) is 0 Å². The zero-order valence-electron chi connectivity index (χ0n) is 77.4. The molecule has 0 aromatic heterocycles. The summed E-state index contributed by atoms with van der Waals surface area (Å²) in [4.78, 5) is 67.0. The maximum absolute atomic E-state index is 14.0. The van der Waals surface area contributed by atoms with Gasteiger partial charge in [0.2, 0.25) is 0 Å². The topological polar surface area (TPSA) is 593 Å². The first kappa shape index (κ1) is 108. The minimum Gasteiger partial charge on any atom is -0.444 e. The minimum atomic E-state index is -1.88. The molecule has 43 nitrogen and oxygen atoms in total. The molecular weight excluding hydrogens is 1730 g/mol. The fourth-order valence-electron chi connectivity index (χ4n) is 16.4. The molecule has 5 amide bonds. The van der Waals surface area contributed by atoms with Crippen LogP contribution in [0.2, 0.25) is 0 Å². The normalized spacial score (nSPS) is 39.6. The number of hydrogen-bond donors (Lipinski definition) is 21. The molecule has 2 aliphatic carbocycles. The van der Waals surface area contributed by atoms with Crippen LogP contribution in [0.25, 0.3) is 0 Å². The summed E-state index contributed by atoms with van der Waals surface area (Å²) in [7, 11) is 0. The number of amides is 5. The third-order valence-electron chi connectivity index (χ3n) is 23.0. The smallest absolute Gasteiger partial charge is 0.408 e. The van der Waals surface area contributed by atoms with Crippen molar-refractivity contribution in [3.8, 4) is 0 Å². The van der Waals surface area contributed by atoms with Crippen LogP contribution in [0.5, 0.6) is 0 Å². The molecule has 6 aliphatic heterocycles. The SMILES string of the molecule is CCC1O[C@@H](OC2C(C)C[C@H](C)[C@H](O)C2O[C@@H]2O[C@H](CNC(=S)NCCCNC(=S)NC[C@H]3O[C@@H](O[C@@H]4C(O)[C@H](NC(=O)OC(C)(C)C)CC(NC(=O)OC(C)(C)C)[C@H]4O[C@@H]4OC(CNC(=O)OC(C)(C)C)C(O)[C@H](O)C4C)C(O)[C@H]3O[C@H]3O[C@@H](CC)C(O)C(O)C3C)C(O[C@@H]3O[C@H](CNC(=O)OC(C)(C)C)C(O)C(O)C3NC(=O)OC(C)(C)C)C2O)C(C)[C@@H](O)C1O. The van der Waals surface area contributed by atoms with E-state index in [9.17, 15) is 85.3 Å². The highest BCUT2D eigenvalue weighted by molar-refractivity contribution is 7.80. The maximum Gasteiger partial charge on any atom is 0.408 e. The van der Waals surface area contributed by atoms with Crippen molar-refractivity contribution in [2.45, 2.75) is 415 Å². The standard InChI is InChI=1S/C83H147N9O34S2/c1-23-41-53(98)49(94)36(5)66(110-41)116-60-35(4)28-34(3)48(93)64(60)120-70-59(104)63(119-69-47(92-78(109)126-83(20,21)22)57(102)56(101)44(113-69)31-89-75(106)123-80(11,12)13)46(115-70)33-87-73(128)85-27-25-26-84-72(127)86-32-45-62(118-67-37(6)50(95)54(99)42(24-2)111-67)58(103)71(114-45)121-65-52(97)39(90-76(107)124-81(14,15)16)29-40(91-77(108)125-82(17,18)19)61(65)117-68-38(7)51(96)55(100)43(112-68)30-88-74(105)122-79(8,9)10/h34-71,93-104H,23-33H2,1-22H3,(H,88,105)(H,89,106)(H,90,107)(H,91,108)(H,92,109)(H2,84,86,127)(H2,85,87,128)/t34-,35?,36?,37?,38?,39+,40?,41?,42-,43?,44+,45+,46+,47?,48-,49+,50?,51+,52?,53?,54?,55?,56?,57?,58?,59?,60?,61+,62-,63?,64?,65+,66-,67+,68-,69-,70-,71-/m0/s1. The number of carbonyl (C=O) groups is 5. The molecule has 6 heterocycles. The number of thiocarbonyl (C=S) groups is 2. The molecule has 21 N–H and O–H groups in total. The lowest BCUT2D eigenvalue weighted by atomic mass is 9.77. The van der Waals surface area contributed by atoms with Crippen LogP contribution in [0.3, 0.4) is 0 Å². The van der Waals surface area contributed by atoms with E-state index in [2.05, 4.69) is 47.9 Å². The van der Waals surface area contributed by atoms with Crippen LogP contribution in [-0.2, 0) is 80.5 Å². The van der Waals surface area contributed by atoms with Crippen LogP contribution in [0.15, 0.2) is 0 Å². The third kappa shape index (κ3) is 30.1. The highest BCUT2D eigenvalue weighted by Crippen LogP contribution is 2.43. The maximum atomic E-state index is 14.0. The molecule has 2 saturated carbocycles. The van der Waals surface area contributed by atoms with Gasteiger partial charge in [0.25, 0.3) is 0 Å². The van der Waals surface area contributed by atoms with Crippen molar-refractivity contribution >= 4 is 65.1 Å². The Balaban J connectivity index is 1.00. The first-order chi connectivity index (χ1) is 59.4. The summed E-state index contributed by atoms with van der Waals surface area (Å²) < 4.78 is 106. The second-order valence-electron chi connectivity index (χ2n) is 39.6. The van der Waals surface area contributed by atoms with Crippen molar-refractivity contribution in [1.82, 2.24) is 47.9 Å². The van der Waals surface area contributed by atoms with E-state index >= 15 is 0 Å². The van der Waals surface area contributed by atoms with Gasteiger partial charge in [-0.05, 0) is 172 Å². The van der Waals surface area contributed by atoms with Gasteiger partial charge in [0.15, 0.2) is 48.0 Å². The van der Waals surface area contributed by atoms with Crippen LogP contribution >= 0.6 is 24.4 Å². The second-order valence-corrected chi connectivity index (χ2v) is 40.5. The molecule has 0 radical (unpaired) electrons. The molecule has 20 unspecified atom stereocenters. The summed E-state index contributed by atoms with van der Waals surface area (Å²) in [6, 6.07) is -4.30. The molecule has 740 valence electrons. The largest absolute Gasteiger partial charge is 0.444 e. The number of aliphatic hydroxyl groups is 12. The fraction of sp³-hybridized carbons (Fsp3) is 0.916. The molecule has 8 fully saturated rings. The van der Waals surface area contributed by atoms with E-state index in [-0.39, 0.29) is 55.2 Å². The van der Waals surface area contributed by atoms with E-state index in [0.717, 1.165) is 0 Å². The van der Waals surface area contributed by atoms with Crippen molar-refractivity contribution in [3.05, 3.63) is 0 Å². The number of carbonyl (C=O) groups excluding carboxylic acids is 5. The van der Waals surface area contributed by atoms with Crippen molar-refractivity contribution < 1.29 is 166 Å². The Hall–Kier alpha value is -5.23. The summed E-state index contributed by atoms with van der Waals surface area (Å²) >= 11 is 11.6. The molecule has 0 bridgehead atoms. The van der Waals surface area contributed by atoms with Crippen LogP contribution in [-0.4, -0.2) is 372 Å². The summed E-state index contributed by atoms with van der Waals surface area (Å²) in [5, 5.41) is 166. The van der Waals surface area contributed by atoms with Gasteiger partial charge < -0.3 is 190 Å². The van der Waals surface area contributed by atoms with E-state index in [1.54, 1.807) is 132 Å². The average Bonchev–Trinajstić information content (AvgIpc) is 1.54. The van der Waals surface area contributed by atoms with Gasteiger partial charge in [-0.15, -0.1) is 0 Å². The summed E-state index contributed by atoms with van der Waals surface area (Å²) in [6.45, 7) is 35.2. The predicted molar refractivity (Wildman–Crippen MR) is 459 cm³/mol. The Kier molecular flexibility index (Phi) is 38.7. The predicted octanol–water partition coefficient (Wildman–Crippen LogP) is -0.167. The van der Waals surface area contributed by atoms with Gasteiger partial charge in [0.05, 0.1) is 54.8 Å². The monoisotopic (exact) mass is 1880 g/mol. The molecule has 0 aromatic carbocycles. The quantitative estimate of drug-likeness (QED) is 0.0263. The first-order valence-corrected chi connectivity index (χ1v) is 45.2. The van der Waals surface area contributed by atoms with Crippen LogP contribution < -0.4 is 47.9 Å². The molecule has 8 aliphatic rings. The molecule has 6 saturated heterocycles.